The number of anilines is 2. The first kappa shape index (κ1) is 15.8. The van der Waals surface area contributed by atoms with Crippen LogP contribution in [0.3, 0.4) is 0 Å². The van der Waals surface area contributed by atoms with Gasteiger partial charge < -0.3 is 9.64 Å². The Labute approximate surface area is 141 Å². The van der Waals surface area contributed by atoms with Crippen LogP contribution in [0.25, 0.3) is 10.9 Å². The van der Waals surface area contributed by atoms with Crippen LogP contribution in [0.5, 0.6) is 5.75 Å². The van der Waals surface area contributed by atoms with Crippen LogP contribution in [0.1, 0.15) is 5.56 Å². The predicted octanol–water partition coefficient (Wildman–Crippen LogP) is 3.76. The van der Waals surface area contributed by atoms with E-state index in [1.54, 1.807) is 19.5 Å². The lowest BCUT2D eigenvalue weighted by atomic mass is 10.2. The van der Waals surface area contributed by atoms with Crippen molar-refractivity contribution >= 4 is 28.5 Å². The van der Waals surface area contributed by atoms with Crippen LogP contribution in [0.15, 0.2) is 59.8 Å². The number of hydrogen-bond donors (Lipinski definition) is 1. The van der Waals surface area contributed by atoms with E-state index >= 15 is 0 Å². The van der Waals surface area contributed by atoms with Crippen LogP contribution < -0.4 is 15.1 Å². The minimum absolute atomic E-state index is 0.789. The van der Waals surface area contributed by atoms with Crippen molar-refractivity contribution in [2.24, 2.45) is 5.10 Å². The lowest BCUT2D eigenvalue weighted by molar-refractivity contribution is 0.415. The molecule has 5 heteroatoms. The number of pyridine rings is 1. The molecule has 1 heterocycles. The lowest BCUT2D eigenvalue weighted by Crippen LogP contribution is -2.08. The standard InChI is InChI=1S/C19H20N4O/c1-23(2)15-6-4-14(5-7-15)13-21-22-18-10-11-20-19-12-16(24-3)8-9-17(18)19/h4-13H,1-3H3,(H,20,22)/b21-13+. The maximum Gasteiger partial charge on any atom is 0.121 e. The summed E-state index contributed by atoms with van der Waals surface area (Å²) in [4.78, 5) is 6.43. The van der Waals surface area contributed by atoms with Gasteiger partial charge in [-0.2, -0.15) is 5.10 Å². The molecule has 0 radical (unpaired) electrons. The average molecular weight is 320 g/mol. The van der Waals surface area contributed by atoms with E-state index in [-0.39, 0.29) is 0 Å². The van der Waals surface area contributed by atoms with Crippen LogP contribution >= 0.6 is 0 Å². The summed E-state index contributed by atoms with van der Waals surface area (Å²) < 4.78 is 5.23. The molecule has 0 aliphatic carbocycles. The molecule has 0 saturated heterocycles. The molecule has 0 aliphatic heterocycles. The van der Waals surface area contributed by atoms with Crippen molar-refractivity contribution in [2.75, 3.05) is 31.5 Å². The Morgan fingerprint density at radius 2 is 1.88 bits per heavy atom. The molecule has 24 heavy (non-hydrogen) atoms. The Kier molecular flexibility index (Phi) is 4.61. The van der Waals surface area contributed by atoms with E-state index in [0.717, 1.165) is 33.6 Å². The quantitative estimate of drug-likeness (QED) is 0.574. The van der Waals surface area contributed by atoms with Gasteiger partial charge in [0.15, 0.2) is 0 Å². The van der Waals surface area contributed by atoms with Gasteiger partial charge in [0.05, 0.1) is 24.5 Å². The number of hydrazone groups is 1. The van der Waals surface area contributed by atoms with Gasteiger partial charge >= 0.3 is 0 Å². The summed E-state index contributed by atoms with van der Waals surface area (Å²) >= 11 is 0. The Morgan fingerprint density at radius 3 is 2.58 bits per heavy atom. The van der Waals surface area contributed by atoms with Gasteiger partial charge in [0.2, 0.25) is 0 Å². The van der Waals surface area contributed by atoms with Gasteiger partial charge in [0.1, 0.15) is 5.75 Å². The van der Waals surface area contributed by atoms with Crippen molar-refractivity contribution in [1.82, 2.24) is 4.98 Å². The second kappa shape index (κ2) is 7.00. The highest BCUT2D eigenvalue weighted by molar-refractivity contribution is 5.92. The molecule has 0 atom stereocenters. The molecule has 0 amide bonds. The van der Waals surface area contributed by atoms with Crippen molar-refractivity contribution < 1.29 is 4.74 Å². The molecule has 3 aromatic rings. The van der Waals surface area contributed by atoms with Crippen molar-refractivity contribution in [3.05, 3.63) is 60.3 Å². The number of aromatic nitrogens is 1. The first-order chi connectivity index (χ1) is 11.7. The van der Waals surface area contributed by atoms with Gasteiger partial charge in [0, 0.05) is 37.4 Å². The van der Waals surface area contributed by atoms with E-state index < -0.39 is 0 Å². The topological polar surface area (TPSA) is 49.8 Å². The van der Waals surface area contributed by atoms with Crippen LogP contribution in [0.2, 0.25) is 0 Å². The summed E-state index contributed by atoms with van der Waals surface area (Å²) in [5.41, 5.74) is 7.06. The van der Waals surface area contributed by atoms with Gasteiger partial charge in [-0.25, -0.2) is 0 Å². The molecule has 0 bridgehead atoms. The van der Waals surface area contributed by atoms with Gasteiger partial charge in [0.25, 0.3) is 0 Å². The largest absolute Gasteiger partial charge is 0.497 e. The molecule has 1 aromatic heterocycles. The zero-order chi connectivity index (χ0) is 16.9. The molecular formula is C19H20N4O. The second-order valence-electron chi connectivity index (χ2n) is 5.60. The molecule has 1 N–H and O–H groups in total. The van der Waals surface area contributed by atoms with E-state index in [4.69, 9.17) is 4.74 Å². The van der Waals surface area contributed by atoms with Crippen LogP contribution in [0.4, 0.5) is 11.4 Å². The molecule has 3 rings (SSSR count). The number of hydrogen-bond acceptors (Lipinski definition) is 5. The van der Waals surface area contributed by atoms with Crippen molar-refractivity contribution in [1.29, 1.82) is 0 Å². The first-order valence-corrected chi connectivity index (χ1v) is 7.66. The summed E-state index contributed by atoms with van der Waals surface area (Å²) in [6, 6.07) is 15.9. The van der Waals surface area contributed by atoms with Gasteiger partial charge in [-0.15, -0.1) is 0 Å². The Bertz CT molecular complexity index is 857. The summed E-state index contributed by atoms with van der Waals surface area (Å²) in [6.07, 6.45) is 3.56. The highest BCUT2D eigenvalue weighted by Crippen LogP contribution is 2.25. The summed E-state index contributed by atoms with van der Waals surface area (Å²) in [6.45, 7) is 0. The molecular weight excluding hydrogens is 300 g/mol. The van der Waals surface area contributed by atoms with Gasteiger partial charge in [-0.3, -0.25) is 10.4 Å². The highest BCUT2D eigenvalue weighted by atomic mass is 16.5. The van der Waals surface area contributed by atoms with Crippen LogP contribution in [-0.4, -0.2) is 32.4 Å². The maximum absolute atomic E-state index is 5.23. The Balaban J connectivity index is 1.77. The highest BCUT2D eigenvalue weighted by Gasteiger charge is 2.02. The second-order valence-corrected chi connectivity index (χ2v) is 5.60. The van der Waals surface area contributed by atoms with Crippen molar-refractivity contribution in [2.45, 2.75) is 0 Å². The zero-order valence-electron chi connectivity index (χ0n) is 14.0. The maximum atomic E-state index is 5.23. The summed E-state index contributed by atoms with van der Waals surface area (Å²) in [5.74, 6) is 0.789. The molecule has 2 aromatic carbocycles. The summed E-state index contributed by atoms with van der Waals surface area (Å²) in [5, 5.41) is 5.33. The lowest BCUT2D eigenvalue weighted by Gasteiger charge is -2.11. The van der Waals surface area contributed by atoms with E-state index in [9.17, 15) is 0 Å². The monoisotopic (exact) mass is 320 g/mol. The fourth-order valence-corrected chi connectivity index (χ4v) is 2.39. The number of rotatable bonds is 5. The smallest absolute Gasteiger partial charge is 0.121 e. The third-order valence-electron chi connectivity index (χ3n) is 3.76. The third-order valence-corrected chi connectivity index (χ3v) is 3.76. The molecule has 0 saturated carbocycles. The molecule has 122 valence electrons. The Hall–Kier alpha value is -3.08. The fraction of sp³-hybridized carbons (Fsp3) is 0.158. The minimum atomic E-state index is 0.789. The number of fused-ring (bicyclic) bond motifs is 1. The SMILES string of the molecule is COc1ccc2c(N/N=C/c3ccc(N(C)C)cc3)ccnc2c1. The van der Waals surface area contributed by atoms with Crippen LogP contribution in [-0.2, 0) is 0 Å². The predicted molar refractivity (Wildman–Crippen MR) is 100 cm³/mol. The number of nitrogens with one attached hydrogen (secondary N) is 1. The van der Waals surface area contributed by atoms with Crippen molar-refractivity contribution in [3.8, 4) is 5.75 Å². The average Bonchev–Trinajstić information content (AvgIpc) is 2.61. The normalized spacial score (nSPS) is 11.0. The molecule has 0 fully saturated rings. The third kappa shape index (κ3) is 3.46. The molecule has 0 aliphatic rings. The van der Waals surface area contributed by atoms with E-state index in [1.165, 1.54) is 0 Å². The molecule has 0 spiro atoms. The van der Waals surface area contributed by atoms with E-state index in [0.29, 0.717) is 0 Å². The number of benzene rings is 2. The number of ether oxygens (including phenoxy) is 1. The summed E-state index contributed by atoms with van der Waals surface area (Å²) in [7, 11) is 5.69. The van der Waals surface area contributed by atoms with Crippen molar-refractivity contribution in [3.63, 3.8) is 0 Å². The zero-order valence-corrected chi connectivity index (χ0v) is 14.0. The number of methoxy groups -OCH3 is 1. The van der Waals surface area contributed by atoms with E-state index in [2.05, 4.69) is 32.5 Å². The fourth-order valence-electron chi connectivity index (χ4n) is 2.39. The molecule has 5 nitrogen and oxygen atoms in total. The van der Waals surface area contributed by atoms with Crippen LogP contribution in [0, 0.1) is 0 Å². The minimum Gasteiger partial charge on any atom is -0.497 e. The van der Waals surface area contributed by atoms with E-state index in [1.807, 2.05) is 50.5 Å². The number of nitrogens with zero attached hydrogens (tertiary/aromatic N) is 3. The van der Waals surface area contributed by atoms with Gasteiger partial charge in [-0.05, 0) is 35.9 Å². The first-order valence-electron chi connectivity index (χ1n) is 7.66. The van der Waals surface area contributed by atoms with Gasteiger partial charge in [-0.1, -0.05) is 12.1 Å². The molecule has 0 unspecified atom stereocenters. The Morgan fingerprint density at radius 1 is 1.08 bits per heavy atom.